The van der Waals surface area contributed by atoms with Gasteiger partial charge in [0.2, 0.25) is 0 Å². The minimum absolute atomic E-state index is 0.177. The molecule has 4 amide bonds. The quantitative estimate of drug-likeness (QED) is 0.274. The largest absolute Gasteiger partial charge is 0.350 e. The molecule has 0 saturated heterocycles. The Morgan fingerprint density at radius 1 is 0.479 bits per heavy atom. The molecule has 3 aromatic rings. The molecule has 2 unspecified atom stereocenters. The lowest BCUT2D eigenvalue weighted by atomic mass is 9.58. The van der Waals surface area contributed by atoms with Crippen molar-refractivity contribution in [2.45, 2.75) is 68.5 Å². The third kappa shape index (κ3) is 6.84. The highest BCUT2D eigenvalue weighted by Crippen LogP contribution is 2.45. The molecule has 2 aromatic heterocycles. The van der Waals surface area contributed by atoms with Crippen LogP contribution < -0.4 is 21.3 Å². The topological polar surface area (TPSA) is 142 Å². The molecule has 0 radical (unpaired) electrons. The van der Waals surface area contributed by atoms with Crippen LogP contribution in [0.25, 0.3) is 0 Å². The second-order valence-electron chi connectivity index (χ2n) is 13.8. The van der Waals surface area contributed by atoms with Crippen LogP contribution in [0, 0.1) is 63.2 Å². The number of benzene rings is 1. The van der Waals surface area contributed by atoms with E-state index in [1.54, 1.807) is 36.4 Å². The van der Waals surface area contributed by atoms with Crippen molar-refractivity contribution in [1.82, 2.24) is 31.2 Å². The van der Waals surface area contributed by atoms with Gasteiger partial charge in [-0.2, -0.15) is 0 Å². The Bertz CT molecular complexity index is 1580. The van der Waals surface area contributed by atoms with Crippen molar-refractivity contribution in [3.05, 3.63) is 92.6 Å². The average molecular weight is 653 g/mol. The van der Waals surface area contributed by atoms with Gasteiger partial charge in [-0.15, -0.1) is 0 Å². The minimum Gasteiger partial charge on any atom is -0.350 e. The summed E-state index contributed by atoms with van der Waals surface area (Å²) in [4.78, 5) is 61.9. The Balaban J connectivity index is 1.47. The number of pyridine rings is 2. The first-order valence-electron chi connectivity index (χ1n) is 16.9. The number of carbonyl (C=O) groups excluding carboxylic acids is 4. The molecule has 6 heterocycles. The molecule has 4 aliphatic heterocycles. The fraction of sp³-hybridized carbons (Fsp3) is 0.474. The first kappa shape index (κ1) is 34.7. The van der Waals surface area contributed by atoms with Gasteiger partial charge in [0.25, 0.3) is 23.6 Å². The van der Waals surface area contributed by atoms with E-state index in [4.69, 9.17) is 0 Å². The van der Waals surface area contributed by atoms with Crippen LogP contribution in [0.2, 0.25) is 0 Å². The van der Waals surface area contributed by atoms with Crippen molar-refractivity contribution in [1.29, 1.82) is 0 Å². The van der Waals surface area contributed by atoms with Crippen LogP contribution in [-0.4, -0.2) is 46.7 Å². The molecule has 10 heteroatoms. The smallest absolute Gasteiger partial charge is 0.270 e. The third-order valence-corrected chi connectivity index (χ3v) is 11.6. The predicted molar refractivity (Wildman–Crippen MR) is 185 cm³/mol. The lowest BCUT2D eigenvalue weighted by molar-refractivity contribution is 0.0124. The van der Waals surface area contributed by atoms with Crippen LogP contribution in [0.1, 0.15) is 103 Å². The van der Waals surface area contributed by atoms with E-state index in [0.717, 1.165) is 33.4 Å². The number of nitrogens with one attached hydrogen (secondary N) is 4. The maximum absolute atomic E-state index is 13.3. The third-order valence-electron chi connectivity index (χ3n) is 11.6. The van der Waals surface area contributed by atoms with Gasteiger partial charge in [-0.25, -0.2) is 9.97 Å². The highest BCUT2D eigenvalue weighted by Gasteiger charge is 2.43. The summed E-state index contributed by atoms with van der Waals surface area (Å²) in [5, 5.41) is 12.2. The maximum atomic E-state index is 13.3. The first-order valence-corrected chi connectivity index (χ1v) is 16.9. The number of aromatic nitrogens is 2. The van der Waals surface area contributed by atoms with Gasteiger partial charge in [-0.1, -0.05) is 39.8 Å². The molecule has 0 spiro atoms. The normalized spacial score (nSPS) is 25.6. The van der Waals surface area contributed by atoms with E-state index < -0.39 is 0 Å². The van der Waals surface area contributed by atoms with Gasteiger partial charge in [0, 0.05) is 26.2 Å². The number of rotatable bonds is 0. The lowest BCUT2D eigenvalue weighted by Gasteiger charge is -2.48. The number of hydrogen-bond acceptors (Lipinski definition) is 6. The fourth-order valence-electron chi connectivity index (χ4n) is 7.75. The van der Waals surface area contributed by atoms with Crippen molar-refractivity contribution < 1.29 is 19.2 Å². The molecule has 8 rings (SSSR count). The van der Waals surface area contributed by atoms with Gasteiger partial charge in [0.1, 0.15) is 22.8 Å². The van der Waals surface area contributed by atoms with E-state index in [2.05, 4.69) is 58.9 Å². The van der Waals surface area contributed by atoms with Crippen molar-refractivity contribution in [3.63, 3.8) is 0 Å². The molecular weight excluding hydrogens is 604 g/mol. The zero-order chi connectivity index (χ0) is 34.9. The van der Waals surface area contributed by atoms with Crippen LogP contribution in [0.15, 0.2) is 36.4 Å². The molecule has 1 saturated carbocycles. The van der Waals surface area contributed by atoms with Gasteiger partial charge >= 0.3 is 0 Å². The average Bonchev–Trinajstić information content (AvgIpc) is 3.09. The van der Waals surface area contributed by atoms with Gasteiger partial charge in [-0.3, -0.25) is 19.2 Å². The molecular formula is C38H48N6O4. The molecule has 1 fully saturated rings. The number of nitrogens with zero attached hydrogens (tertiary/aromatic N) is 2. The Morgan fingerprint density at radius 2 is 0.750 bits per heavy atom. The molecule has 4 N–H and O–H groups in total. The summed E-state index contributed by atoms with van der Waals surface area (Å²) in [5.74, 6) is 0.213. The van der Waals surface area contributed by atoms with E-state index in [-0.39, 0.29) is 95.0 Å². The van der Waals surface area contributed by atoms with Gasteiger partial charge in [-0.05, 0) is 121 Å². The zero-order valence-electron chi connectivity index (χ0n) is 29.3. The van der Waals surface area contributed by atoms with E-state index in [1.807, 2.05) is 27.7 Å². The highest BCUT2D eigenvalue weighted by molar-refractivity contribution is 5.97. The summed E-state index contributed by atoms with van der Waals surface area (Å²) in [6.45, 7) is 18.4. The number of carbonyl (C=O) groups is 4. The van der Waals surface area contributed by atoms with Crippen LogP contribution >= 0.6 is 0 Å². The second kappa shape index (κ2) is 14.3. The Morgan fingerprint density at radius 3 is 1.04 bits per heavy atom. The van der Waals surface area contributed by atoms with Crippen LogP contribution in [-0.2, 0) is 13.1 Å². The van der Waals surface area contributed by atoms with Crippen LogP contribution in [0.4, 0.5) is 0 Å². The molecule has 48 heavy (non-hydrogen) atoms. The molecule has 8 bridgehead atoms. The van der Waals surface area contributed by atoms with E-state index in [1.165, 1.54) is 0 Å². The van der Waals surface area contributed by atoms with E-state index in [9.17, 15) is 19.2 Å². The lowest BCUT2D eigenvalue weighted by Crippen LogP contribution is -2.50. The number of hydrogen-bond donors (Lipinski definition) is 4. The highest BCUT2D eigenvalue weighted by atomic mass is 16.2. The Hall–Kier alpha value is -4.60. The molecule has 10 nitrogen and oxygen atoms in total. The zero-order valence-corrected chi connectivity index (χ0v) is 29.3. The van der Waals surface area contributed by atoms with Gasteiger partial charge in [0.05, 0.1) is 0 Å². The summed E-state index contributed by atoms with van der Waals surface area (Å²) < 4.78 is 0. The summed E-state index contributed by atoms with van der Waals surface area (Å²) in [6, 6.07) is 9.84. The monoisotopic (exact) mass is 652 g/mol. The van der Waals surface area contributed by atoms with E-state index >= 15 is 0 Å². The minimum atomic E-state index is -0.360. The SMILES string of the molecule is Cc1c(C)c2c(C)c(C)c1CNC(=O)c1cccc(n1)C(=O)NCC1[C@@H](C)[C@@H](C)C(CNC(=O)c3cccc(n3)C(=O)NC2)[C@@H](C)[C@H]1C. The predicted octanol–water partition coefficient (Wildman–Crippen LogP) is 4.83. The summed E-state index contributed by atoms with van der Waals surface area (Å²) in [6.07, 6.45) is 0. The van der Waals surface area contributed by atoms with Crippen LogP contribution in [0.3, 0.4) is 0 Å². The first-order chi connectivity index (χ1) is 22.8. The summed E-state index contributed by atoms with van der Waals surface area (Å²) in [5.41, 5.74) is 6.80. The summed E-state index contributed by atoms with van der Waals surface area (Å²) in [7, 11) is 0. The molecule has 6 atom stereocenters. The number of amides is 4. The Labute approximate surface area is 283 Å². The maximum Gasteiger partial charge on any atom is 0.270 e. The van der Waals surface area contributed by atoms with Gasteiger partial charge in [0.15, 0.2) is 0 Å². The Kier molecular flexibility index (Phi) is 10.3. The molecule has 1 aromatic carbocycles. The molecule has 5 aliphatic rings. The van der Waals surface area contributed by atoms with Crippen molar-refractivity contribution in [2.75, 3.05) is 13.1 Å². The van der Waals surface area contributed by atoms with E-state index in [0.29, 0.717) is 13.1 Å². The fourth-order valence-corrected chi connectivity index (χ4v) is 7.75. The molecule has 254 valence electrons. The summed E-state index contributed by atoms with van der Waals surface area (Å²) >= 11 is 0. The molecule has 1 aliphatic carbocycles. The van der Waals surface area contributed by atoms with Crippen molar-refractivity contribution in [2.24, 2.45) is 35.5 Å². The van der Waals surface area contributed by atoms with Crippen LogP contribution in [0.5, 0.6) is 0 Å². The second-order valence-corrected chi connectivity index (χ2v) is 13.8. The van der Waals surface area contributed by atoms with Crippen molar-refractivity contribution >= 4 is 23.6 Å². The van der Waals surface area contributed by atoms with Crippen molar-refractivity contribution in [3.8, 4) is 0 Å². The van der Waals surface area contributed by atoms with Gasteiger partial charge < -0.3 is 21.3 Å². The standard InChI is InChI=1S/C38H48N6O4/c1-19-20(2)28-16-40-36(46)32-12-10-14-34(44-32)38(48)42-18-30-25(7)23(5)29(24(6)26(30)8)17-41-37(47)33-13-9-11-31(43-33)35(45)39-15-27(19)21(3)22(28)4/h9-14,19-22,27-28H,15-18H2,1-8H3,(H,39,45)(H,40,46)(H,41,47)(H,42,48)/t19-,20+,21+,22-,27?,28?.